The van der Waals surface area contributed by atoms with Crippen LogP contribution in [0.3, 0.4) is 0 Å². The molecular formula is C12H16BrN3O2. The van der Waals surface area contributed by atoms with Gasteiger partial charge in [-0.05, 0) is 41.6 Å². The first-order chi connectivity index (χ1) is 8.60. The number of halogens is 1. The van der Waals surface area contributed by atoms with Crippen LogP contribution >= 0.6 is 15.9 Å². The molecule has 0 heterocycles. The monoisotopic (exact) mass is 313 g/mol. The third-order valence-corrected chi connectivity index (χ3v) is 3.25. The Kier molecular flexibility index (Phi) is 6.15. The summed E-state index contributed by atoms with van der Waals surface area (Å²) >= 11 is 3.38. The van der Waals surface area contributed by atoms with Gasteiger partial charge in [0.05, 0.1) is 6.10 Å². The van der Waals surface area contributed by atoms with Crippen LogP contribution in [0, 0.1) is 0 Å². The molecule has 0 amide bonds. The summed E-state index contributed by atoms with van der Waals surface area (Å²) in [5.74, 6) is 0. The number of nitrogens with zero attached hydrogens (tertiary/aromatic N) is 3. The fourth-order valence-electron chi connectivity index (χ4n) is 1.77. The molecule has 1 rings (SSSR count). The number of aliphatic hydroxyl groups excluding tert-OH is 2. The number of hydrogen-bond acceptors (Lipinski definition) is 3. The summed E-state index contributed by atoms with van der Waals surface area (Å²) in [5, 5.41) is 23.3. The standard InChI is InChI=1S/C12H16BrN3O2/c1-2-8-7-9(13)3-4-10(8)12(18)11(17)5-6-15-16-14/h3-4,7,11-12,17-18H,2,5-6H2,1H3. The van der Waals surface area contributed by atoms with E-state index in [4.69, 9.17) is 5.53 Å². The highest BCUT2D eigenvalue weighted by molar-refractivity contribution is 9.10. The molecule has 2 atom stereocenters. The molecule has 2 unspecified atom stereocenters. The van der Waals surface area contributed by atoms with Crippen LogP contribution in [0.1, 0.15) is 30.6 Å². The second kappa shape index (κ2) is 7.38. The molecule has 0 aliphatic heterocycles. The van der Waals surface area contributed by atoms with Gasteiger partial charge >= 0.3 is 0 Å². The summed E-state index contributed by atoms with van der Waals surface area (Å²) in [4.78, 5) is 2.61. The van der Waals surface area contributed by atoms with Crippen LogP contribution in [-0.4, -0.2) is 22.9 Å². The molecule has 0 aliphatic rings. The van der Waals surface area contributed by atoms with Gasteiger partial charge in [-0.15, -0.1) is 0 Å². The molecule has 0 aliphatic carbocycles. The van der Waals surface area contributed by atoms with E-state index in [2.05, 4.69) is 26.0 Å². The van der Waals surface area contributed by atoms with Crippen LogP contribution in [0.5, 0.6) is 0 Å². The van der Waals surface area contributed by atoms with Gasteiger partial charge in [0, 0.05) is 15.9 Å². The van der Waals surface area contributed by atoms with Crippen molar-refractivity contribution in [3.63, 3.8) is 0 Å². The number of aliphatic hydroxyl groups is 2. The summed E-state index contributed by atoms with van der Waals surface area (Å²) < 4.78 is 0.943. The molecule has 6 heteroatoms. The maximum absolute atomic E-state index is 10.1. The first kappa shape index (κ1) is 15.0. The maximum atomic E-state index is 10.1. The van der Waals surface area contributed by atoms with E-state index >= 15 is 0 Å². The minimum Gasteiger partial charge on any atom is -0.390 e. The summed E-state index contributed by atoms with van der Waals surface area (Å²) in [6.07, 6.45) is -0.872. The average Bonchev–Trinajstić information content (AvgIpc) is 2.37. The molecular weight excluding hydrogens is 298 g/mol. The van der Waals surface area contributed by atoms with E-state index in [0.717, 1.165) is 16.5 Å². The van der Waals surface area contributed by atoms with Gasteiger partial charge in [0.25, 0.3) is 0 Å². The largest absolute Gasteiger partial charge is 0.390 e. The number of azide groups is 1. The van der Waals surface area contributed by atoms with Gasteiger partial charge in [0.2, 0.25) is 0 Å². The Morgan fingerprint density at radius 1 is 1.44 bits per heavy atom. The molecule has 5 nitrogen and oxygen atoms in total. The van der Waals surface area contributed by atoms with E-state index in [9.17, 15) is 10.2 Å². The van der Waals surface area contributed by atoms with Crippen molar-refractivity contribution < 1.29 is 10.2 Å². The van der Waals surface area contributed by atoms with E-state index in [1.54, 1.807) is 6.07 Å². The highest BCUT2D eigenvalue weighted by Crippen LogP contribution is 2.26. The highest BCUT2D eigenvalue weighted by Gasteiger charge is 2.20. The van der Waals surface area contributed by atoms with E-state index in [-0.39, 0.29) is 13.0 Å². The van der Waals surface area contributed by atoms with Crippen LogP contribution in [0.25, 0.3) is 10.4 Å². The lowest BCUT2D eigenvalue weighted by Crippen LogP contribution is -2.20. The molecule has 0 radical (unpaired) electrons. The fraction of sp³-hybridized carbons (Fsp3) is 0.500. The van der Waals surface area contributed by atoms with Crippen molar-refractivity contribution in [1.29, 1.82) is 0 Å². The first-order valence-electron chi connectivity index (χ1n) is 5.75. The van der Waals surface area contributed by atoms with E-state index in [1.807, 2.05) is 19.1 Å². The summed E-state index contributed by atoms with van der Waals surface area (Å²) in [6.45, 7) is 2.16. The zero-order valence-electron chi connectivity index (χ0n) is 10.1. The lowest BCUT2D eigenvalue weighted by molar-refractivity contribution is 0.0145. The van der Waals surface area contributed by atoms with E-state index < -0.39 is 12.2 Å². The lowest BCUT2D eigenvalue weighted by atomic mass is 9.96. The Balaban J connectivity index is 2.82. The Morgan fingerprint density at radius 2 is 2.17 bits per heavy atom. The molecule has 0 saturated carbocycles. The van der Waals surface area contributed by atoms with Gasteiger partial charge in [-0.3, -0.25) is 0 Å². The maximum Gasteiger partial charge on any atom is 0.105 e. The van der Waals surface area contributed by atoms with Gasteiger partial charge in [0.15, 0.2) is 0 Å². The molecule has 1 aromatic rings. The van der Waals surface area contributed by atoms with Crippen molar-refractivity contribution >= 4 is 15.9 Å². The molecule has 0 spiro atoms. The zero-order chi connectivity index (χ0) is 13.5. The number of aryl methyl sites for hydroxylation is 1. The minimum atomic E-state index is -0.957. The molecule has 0 bridgehead atoms. The zero-order valence-corrected chi connectivity index (χ0v) is 11.7. The normalized spacial score (nSPS) is 13.8. The number of hydrogen-bond donors (Lipinski definition) is 2. The van der Waals surface area contributed by atoms with Crippen molar-refractivity contribution in [2.24, 2.45) is 5.11 Å². The topological polar surface area (TPSA) is 89.2 Å². The summed E-state index contributed by atoms with van der Waals surface area (Å²) in [7, 11) is 0. The molecule has 2 N–H and O–H groups in total. The van der Waals surface area contributed by atoms with Crippen molar-refractivity contribution in [2.75, 3.05) is 6.54 Å². The molecule has 0 aromatic heterocycles. The lowest BCUT2D eigenvalue weighted by Gasteiger charge is -2.20. The van der Waals surface area contributed by atoms with Gasteiger partial charge in [-0.2, -0.15) is 0 Å². The van der Waals surface area contributed by atoms with E-state index in [0.29, 0.717) is 5.56 Å². The number of rotatable bonds is 6. The first-order valence-corrected chi connectivity index (χ1v) is 6.54. The number of benzene rings is 1. The molecule has 0 fully saturated rings. The van der Waals surface area contributed by atoms with Gasteiger partial charge in [-0.25, -0.2) is 0 Å². The van der Waals surface area contributed by atoms with Gasteiger partial charge in [0.1, 0.15) is 6.10 Å². The molecule has 98 valence electrons. The quantitative estimate of drug-likeness (QED) is 0.480. The Hall–Kier alpha value is -1.07. The van der Waals surface area contributed by atoms with Crippen molar-refractivity contribution in [3.05, 3.63) is 44.2 Å². The van der Waals surface area contributed by atoms with Crippen molar-refractivity contribution in [1.82, 2.24) is 0 Å². The Labute approximate surface area is 114 Å². The fourth-order valence-corrected chi connectivity index (χ4v) is 2.18. The van der Waals surface area contributed by atoms with Crippen molar-refractivity contribution in [3.8, 4) is 0 Å². The minimum absolute atomic E-state index is 0.173. The van der Waals surface area contributed by atoms with Crippen LogP contribution < -0.4 is 0 Å². The molecule has 0 saturated heterocycles. The SMILES string of the molecule is CCc1cc(Br)ccc1C(O)C(O)CCN=[N+]=[N-]. The second-order valence-electron chi connectivity index (χ2n) is 3.95. The smallest absolute Gasteiger partial charge is 0.105 e. The summed E-state index contributed by atoms with van der Waals surface area (Å²) in [5.41, 5.74) is 9.86. The summed E-state index contributed by atoms with van der Waals surface area (Å²) in [6, 6.07) is 5.56. The highest BCUT2D eigenvalue weighted by atomic mass is 79.9. The van der Waals surface area contributed by atoms with Crippen LogP contribution in [0.2, 0.25) is 0 Å². The molecule has 1 aromatic carbocycles. The Morgan fingerprint density at radius 3 is 2.78 bits per heavy atom. The third-order valence-electron chi connectivity index (χ3n) is 2.76. The average molecular weight is 314 g/mol. The van der Waals surface area contributed by atoms with Gasteiger partial charge in [-0.1, -0.05) is 34.0 Å². The van der Waals surface area contributed by atoms with Gasteiger partial charge < -0.3 is 10.2 Å². The predicted octanol–water partition coefficient (Wildman–Crippen LogP) is 3.11. The predicted molar refractivity (Wildman–Crippen MR) is 73.1 cm³/mol. The van der Waals surface area contributed by atoms with Crippen LogP contribution in [0.4, 0.5) is 0 Å². The third kappa shape index (κ3) is 3.99. The van der Waals surface area contributed by atoms with E-state index in [1.165, 1.54) is 0 Å². The van der Waals surface area contributed by atoms with Crippen LogP contribution in [-0.2, 0) is 6.42 Å². The van der Waals surface area contributed by atoms with Crippen molar-refractivity contribution in [2.45, 2.75) is 32.0 Å². The Bertz CT molecular complexity index is 447. The second-order valence-corrected chi connectivity index (χ2v) is 4.87. The molecule has 18 heavy (non-hydrogen) atoms. The van der Waals surface area contributed by atoms with Crippen LogP contribution in [0.15, 0.2) is 27.8 Å².